The van der Waals surface area contributed by atoms with Gasteiger partial charge in [0.1, 0.15) is 5.56 Å². The third-order valence-electron chi connectivity index (χ3n) is 6.57. The molecule has 2 heterocycles. The van der Waals surface area contributed by atoms with Crippen LogP contribution in [0.2, 0.25) is 0 Å². The molecule has 1 atom stereocenters. The van der Waals surface area contributed by atoms with Gasteiger partial charge in [-0.15, -0.1) is 0 Å². The fourth-order valence-electron chi connectivity index (χ4n) is 4.20. The molecular formula is C29H28N4O5. The van der Waals surface area contributed by atoms with Crippen LogP contribution in [0.15, 0.2) is 71.9 Å². The molecule has 0 radical (unpaired) electrons. The number of ketones is 1. The Morgan fingerprint density at radius 1 is 1.05 bits per heavy atom. The molecule has 2 aromatic heterocycles. The molecule has 0 spiro atoms. The van der Waals surface area contributed by atoms with Crippen molar-refractivity contribution in [1.29, 1.82) is 0 Å². The highest BCUT2D eigenvalue weighted by Gasteiger charge is 2.27. The smallest absolute Gasteiger partial charge is 0.308 e. The maximum atomic E-state index is 13.0. The van der Waals surface area contributed by atoms with Gasteiger partial charge in [-0.05, 0) is 33.6 Å². The molecule has 0 aliphatic carbocycles. The lowest BCUT2D eigenvalue weighted by atomic mass is 9.79. The zero-order valence-corrected chi connectivity index (χ0v) is 21.3. The normalized spacial score (nSPS) is 12.2. The van der Waals surface area contributed by atoms with Gasteiger partial charge in [-0.2, -0.15) is 0 Å². The van der Waals surface area contributed by atoms with Crippen LogP contribution in [0.4, 0.5) is 0 Å². The standard InChI is InChI=1S/C29H28N4O5/c1-17(28(37)38)14-32-27(36)25-31-16-23(26(35)33-25)24(34)13-29(2,3)20-9-7-18(8-10-20)21-6-4-5-19-15-30-12-11-22(19)21/h4-12,15-17H,13-14H2,1-3H3,(H,32,36)(H,37,38)(H,31,33,35). The van der Waals surface area contributed by atoms with Crippen molar-refractivity contribution in [2.24, 2.45) is 5.92 Å². The van der Waals surface area contributed by atoms with Crippen molar-refractivity contribution in [3.63, 3.8) is 0 Å². The van der Waals surface area contributed by atoms with Crippen molar-refractivity contribution in [2.45, 2.75) is 32.6 Å². The topological polar surface area (TPSA) is 142 Å². The minimum atomic E-state index is -1.06. The van der Waals surface area contributed by atoms with Crippen molar-refractivity contribution in [2.75, 3.05) is 6.54 Å². The van der Waals surface area contributed by atoms with Crippen LogP contribution < -0.4 is 10.9 Å². The second kappa shape index (κ2) is 10.8. The Morgan fingerprint density at radius 2 is 1.79 bits per heavy atom. The molecule has 0 bridgehead atoms. The van der Waals surface area contributed by atoms with Crippen LogP contribution in [-0.2, 0) is 10.2 Å². The number of aromatic amines is 1. The molecule has 3 N–H and O–H groups in total. The van der Waals surface area contributed by atoms with E-state index in [1.165, 1.54) is 6.92 Å². The van der Waals surface area contributed by atoms with Crippen molar-refractivity contribution >= 4 is 28.4 Å². The fraction of sp³-hybridized carbons (Fsp3) is 0.241. The monoisotopic (exact) mass is 512 g/mol. The van der Waals surface area contributed by atoms with Crippen molar-refractivity contribution in [1.82, 2.24) is 20.3 Å². The summed E-state index contributed by atoms with van der Waals surface area (Å²) < 4.78 is 0. The number of pyridine rings is 1. The van der Waals surface area contributed by atoms with Gasteiger partial charge < -0.3 is 15.4 Å². The minimum Gasteiger partial charge on any atom is -0.481 e. The van der Waals surface area contributed by atoms with Gasteiger partial charge >= 0.3 is 5.97 Å². The Labute approximate surface area is 219 Å². The number of carbonyl (C=O) groups is 3. The van der Waals surface area contributed by atoms with E-state index in [4.69, 9.17) is 5.11 Å². The first-order valence-electron chi connectivity index (χ1n) is 12.1. The molecule has 9 nitrogen and oxygen atoms in total. The van der Waals surface area contributed by atoms with Crippen LogP contribution in [-0.4, -0.2) is 44.3 Å². The number of carbonyl (C=O) groups excluding carboxylic acids is 2. The van der Waals surface area contributed by atoms with Crippen LogP contribution >= 0.6 is 0 Å². The number of amides is 1. The molecule has 2 aromatic carbocycles. The molecule has 0 aliphatic heterocycles. The van der Waals surface area contributed by atoms with E-state index in [1.54, 1.807) is 6.20 Å². The number of hydrogen-bond acceptors (Lipinski definition) is 6. The molecule has 0 saturated heterocycles. The van der Waals surface area contributed by atoms with Crippen LogP contribution in [0.5, 0.6) is 0 Å². The highest BCUT2D eigenvalue weighted by Crippen LogP contribution is 2.32. The molecule has 1 amide bonds. The average molecular weight is 513 g/mol. The van der Waals surface area contributed by atoms with E-state index < -0.39 is 34.6 Å². The third-order valence-corrected chi connectivity index (χ3v) is 6.57. The number of fused-ring (bicyclic) bond motifs is 1. The van der Waals surface area contributed by atoms with E-state index in [9.17, 15) is 19.2 Å². The zero-order chi connectivity index (χ0) is 27.4. The second-order valence-corrected chi connectivity index (χ2v) is 9.89. The van der Waals surface area contributed by atoms with E-state index in [0.717, 1.165) is 33.7 Å². The summed E-state index contributed by atoms with van der Waals surface area (Å²) in [5.41, 5.74) is 1.62. The van der Waals surface area contributed by atoms with Crippen LogP contribution in [0.25, 0.3) is 21.9 Å². The molecule has 38 heavy (non-hydrogen) atoms. The molecule has 0 fully saturated rings. The number of carboxylic acids is 1. The quantitative estimate of drug-likeness (QED) is 0.288. The number of aromatic nitrogens is 3. The summed E-state index contributed by atoms with van der Waals surface area (Å²) in [5.74, 6) is -3.27. The lowest BCUT2D eigenvalue weighted by Crippen LogP contribution is -2.34. The van der Waals surface area contributed by atoms with Gasteiger partial charge in [0.25, 0.3) is 11.5 Å². The van der Waals surface area contributed by atoms with Gasteiger partial charge in [-0.1, -0.05) is 63.2 Å². The maximum Gasteiger partial charge on any atom is 0.308 e. The number of nitrogens with one attached hydrogen (secondary N) is 2. The molecular weight excluding hydrogens is 484 g/mol. The molecule has 9 heteroatoms. The maximum absolute atomic E-state index is 13.0. The van der Waals surface area contributed by atoms with Gasteiger partial charge in [0.2, 0.25) is 0 Å². The minimum absolute atomic E-state index is 0.0543. The molecule has 0 saturated carbocycles. The van der Waals surface area contributed by atoms with Crippen molar-refractivity contribution in [3.05, 3.63) is 94.4 Å². The summed E-state index contributed by atoms with van der Waals surface area (Å²) >= 11 is 0. The zero-order valence-electron chi connectivity index (χ0n) is 21.3. The van der Waals surface area contributed by atoms with Crippen LogP contribution in [0.1, 0.15) is 53.7 Å². The second-order valence-electron chi connectivity index (χ2n) is 9.89. The number of rotatable bonds is 9. The van der Waals surface area contributed by atoms with Crippen molar-refractivity contribution in [3.8, 4) is 11.1 Å². The van der Waals surface area contributed by atoms with Gasteiger partial charge in [0.05, 0.1) is 5.92 Å². The van der Waals surface area contributed by atoms with Gasteiger partial charge in [0, 0.05) is 36.9 Å². The van der Waals surface area contributed by atoms with Gasteiger partial charge in [-0.3, -0.25) is 24.2 Å². The van der Waals surface area contributed by atoms with E-state index in [2.05, 4.69) is 26.3 Å². The van der Waals surface area contributed by atoms with Crippen LogP contribution in [0.3, 0.4) is 0 Å². The Hall–Kier alpha value is -4.66. The summed E-state index contributed by atoms with van der Waals surface area (Å²) in [6.45, 7) is 5.17. The Kier molecular flexibility index (Phi) is 7.47. The first-order valence-corrected chi connectivity index (χ1v) is 12.1. The summed E-state index contributed by atoms with van der Waals surface area (Å²) in [7, 11) is 0. The highest BCUT2D eigenvalue weighted by molar-refractivity contribution is 5.98. The predicted molar refractivity (Wildman–Crippen MR) is 143 cm³/mol. The molecule has 194 valence electrons. The summed E-state index contributed by atoms with van der Waals surface area (Å²) in [5, 5.41) is 13.5. The van der Waals surface area contributed by atoms with Gasteiger partial charge in [-0.25, -0.2) is 4.98 Å². The van der Waals surface area contributed by atoms with E-state index in [0.29, 0.717) is 0 Å². The molecule has 1 unspecified atom stereocenters. The number of benzene rings is 2. The Morgan fingerprint density at radius 3 is 2.47 bits per heavy atom. The van der Waals surface area contributed by atoms with Crippen molar-refractivity contribution < 1.29 is 19.5 Å². The molecule has 4 aromatic rings. The predicted octanol–water partition coefficient (Wildman–Crippen LogP) is 3.99. The number of carboxylic acid groups (broad SMARTS) is 1. The number of Topliss-reactive ketones (excluding diaryl/α,β-unsaturated/α-hetero) is 1. The van der Waals surface area contributed by atoms with Crippen LogP contribution in [0, 0.1) is 5.92 Å². The Bertz CT molecular complexity index is 1570. The van der Waals surface area contributed by atoms with E-state index in [1.807, 2.05) is 62.5 Å². The van der Waals surface area contributed by atoms with E-state index in [-0.39, 0.29) is 24.4 Å². The third kappa shape index (κ3) is 5.67. The lowest BCUT2D eigenvalue weighted by Gasteiger charge is -2.24. The SMILES string of the molecule is CC(CNC(=O)c1ncc(C(=O)CC(C)(C)c2ccc(-c3cccc4cnccc34)cc2)c(=O)[nH]1)C(=O)O. The lowest BCUT2D eigenvalue weighted by molar-refractivity contribution is -0.140. The largest absolute Gasteiger partial charge is 0.481 e. The fourth-order valence-corrected chi connectivity index (χ4v) is 4.20. The number of nitrogens with zero attached hydrogens (tertiary/aromatic N) is 2. The van der Waals surface area contributed by atoms with Gasteiger partial charge in [0.15, 0.2) is 11.6 Å². The molecule has 0 aliphatic rings. The molecule has 4 rings (SSSR count). The summed E-state index contributed by atoms with van der Waals surface area (Å²) in [6.07, 6.45) is 4.74. The average Bonchev–Trinajstić information content (AvgIpc) is 2.90. The van der Waals surface area contributed by atoms with E-state index >= 15 is 0 Å². The number of hydrogen-bond donors (Lipinski definition) is 3. The number of aliphatic carboxylic acids is 1. The number of H-pyrrole nitrogens is 1. The first-order chi connectivity index (χ1) is 18.1. The first kappa shape index (κ1) is 26.4. The Balaban J connectivity index is 1.48. The highest BCUT2D eigenvalue weighted by atomic mass is 16.4. The summed E-state index contributed by atoms with van der Waals surface area (Å²) in [4.78, 5) is 59.1. The summed E-state index contributed by atoms with van der Waals surface area (Å²) in [6, 6.07) is 16.1.